The van der Waals surface area contributed by atoms with Crippen LogP contribution < -0.4 is 10.1 Å². The van der Waals surface area contributed by atoms with E-state index in [0.29, 0.717) is 6.61 Å². The number of ether oxygens (including phenoxy) is 1. The summed E-state index contributed by atoms with van der Waals surface area (Å²) in [5.41, 5.74) is 6.12. The second kappa shape index (κ2) is 5.70. The number of aromatic nitrogens is 2. The molecule has 0 radical (unpaired) electrons. The molecule has 3 heterocycles. The summed E-state index contributed by atoms with van der Waals surface area (Å²) in [6.45, 7) is 0.466. The maximum absolute atomic E-state index is 13.6. The van der Waals surface area contributed by atoms with Crippen LogP contribution in [0, 0.1) is 5.82 Å². The lowest BCUT2D eigenvalue weighted by Crippen LogP contribution is -2.29. The molecule has 0 saturated carbocycles. The van der Waals surface area contributed by atoms with Crippen LogP contribution in [0.4, 0.5) is 10.3 Å². The number of nitrogens with zero attached hydrogens (tertiary/aromatic N) is 2. The Bertz CT molecular complexity index is 1260. The molecule has 0 fully saturated rings. The highest BCUT2D eigenvalue weighted by Crippen LogP contribution is 2.45. The minimum Gasteiger partial charge on any atom is -0.488 e. The first-order valence-corrected chi connectivity index (χ1v) is 9.24. The summed E-state index contributed by atoms with van der Waals surface area (Å²) in [6, 6.07) is 22.7. The van der Waals surface area contributed by atoms with Crippen LogP contribution in [0.2, 0.25) is 0 Å². The molecule has 28 heavy (non-hydrogen) atoms. The van der Waals surface area contributed by atoms with Crippen molar-refractivity contribution < 1.29 is 9.13 Å². The van der Waals surface area contributed by atoms with E-state index in [-0.39, 0.29) is 11.9 Å². The van der Waals surface area contributed by atoms with Crippen molar-refractivity contribution in [1.82, 2.24) is 9.55 Å². The van der Waals surface area contributed by atoms with E-state index in [2.05, 4.69) is 22.0 Å². The number of halogens is 1. The van der Waals surface area contributed by atoms with Crippen LogP contribution in [0.3, 0.4) is 0 Å². The Kier molecular flexibility index (Phi) is 3.14. The van der Waals surface area contributed by atoms with Crippen LogP contribution in [-0.4, -0.2) is 16.2 Å². The predicted octanol–water partition coefficient (Wildman–Crippen LogP) is 4.99. The molecule has 4 nitrogen and oxygen atoms in total. The van der Waals surface area contributed by atoms with Gasteiger partial charge >= 0.3 is 0 Å². The predicted molar refractivity (Wildman–Crippen MR) is 107 cm³/mol. The number of para-hydroxylation sites is 3. The number of imidazole rings is 1. The van der Waals surface area contributed by atoms with Crippen molar-refractivity contribution in [2.45, 2.75) is 6.04 Å². The Morgan fingerprint density at radius 3 is 2.64 bits per heavy atom. The number of nitrogens with one attached hydrogen (secondary N) is 1. The molecule has 4 aromatic rings. The van der Waals surface area contributed by atoms with Gasteiger partial charge in [-0.25, -0.2) is 9.37 Å². The van der Waals surface area contributed by atoms with Crippen molar-refractivity contribution in [3.05, 3.63) is 95.3 Å². The fraction of sp³-hybridized carbons (Fsp3) is 0.0870. The standard InChI is InChI=1S/C23H16FN3O/c24-15-11-9-14(10-12-15)22-17-13-28-20-8-4-1-5-16(20)21(17)26-23-25-18-6-2-3-7-19(18)27(22)23/h1-12,22H,13H2,(H,25,26). The summed E-state index contributed by atoms with van der Waals surface area (Å²) in [7, 11) is 0. The summed E-state index contributed by atoms with van der Waals surface area (Å²) in [6.07, 6.45) is 0. The van der Waals surface area contributed by atoms with Crippen LogP contribution in [0.25, 0.3) is 16.7 Å². The molecule has 1 atom stereocenters. The first-order chi connectivity index (χ1) is 13.8. The highest BCUT2D eigenvalue weighted by molar-refractivity contribution is 5.89. The largest absolute Gasteiger partial charge is 0.488 e. The van der Waals surface area contributed by atoms with Gasteiger partial charge in [-0.3, -0.25) is 4.57 Å². The monoisotopic (exact) mass is 369 g/mol. The molecule has 0 bridgehead atoms. The number of anilines is 1. The van der Waals surface area contributed by atoms with Gasteiger partial charge in [-0.05, 0) is 42.0 Å². The second-order valence-electron chi connectivity index (χ2n) is 7.06. The van der Waals surface area contributed by atoms with E-state index < -0.39 is 0 Å². The molecule has 1 aromatic heterocycles. The quantitative estimate of drug-likeness (QED) is 0.514. The van der Waals surface area contributed by atoms with Gasteiger partial charge in [0.15, 0.2) is 0 Å². The lowest BCUT2D eigenvalue weighted by atomic mass is 9.91. The highest BCUT2D eigenvalue weighted by atomic mass is 19.1. The molecule has 0 amide bonds. The second-order valence-corrected chi connectivity index (χ2v) is 7.06. The van der Waals surface area contributed by atoms with Crippen LogP contribution >= 0.6 is 0 Å². The van der Waals surface area contributed by atoms with Gasteiger partial charge in [-0.15, -0.1) is 0 Å². The molecule has 1 unspecified atom stereocenters. The van der Waals surface area contributed by atoms with Crippen molar-refractivity contribution >= 4 is 22.7 Å². The zero-order valence-electron chi connectivity index (χ0n) is 14.9. The van der Waals surface area contributed by atoms with Crippen molar-refractivity contribution in [2.75, 3.05) is 11.9 Å². The summed E-state index contributed by atoms with van der Waals surface area (Å²) in [5, 5.41) is 3.53. The summed E-state index contributed by atoms with van der Waals surface area (Å²) in [4.78, 5) is 4.81. The van der Waals surface area contributed by atoms with E-state index in [0.717, 1.165) is 45.1 Å². The van der Waals surface area contributed by atoms with Gasteiger partial charge in [0, 0.05) is 11.1 Å². The molecule has 2 aliphatic rings. The molecular weight excluding hydrogens is 353 g/mol. The van der Waals surface area contributed by atoms with Crippen LogP contribution in [0.15, 0.2) is 78.4 Å². The van der Waals surface area contributed by atoms with Gasteiger partial charge in [0.2, 0.25) is 5.95 Å². The Labute approximate surface area is 160 Å². The fourth-order valence-electron chi connectivity index (χ4n) is 4.22. The third kappa shape index (κ3) is 2.13. The summed E-state index contributed by atoms with van der Waals surface area (Å²) in [5.74, 6) is 1.40. The Morgan fingerprint density at radius 2 is 1.75 bits per heavy atom. The molecule has 5 heteroatoms. The Hall–Kier alpha value is -3.60. The normalized spacial score (nSPS) is 17.4. The third-order valence-corrected chi connectivity index (χ3v) is 5.47. The number of hydrogen-bond acceptors (Lipinski definition) is 3. The zero-order valence-corrected chi connectivity index (χ0v) is 14.9. The van der Waals surface area contributed by atoms with Gasteiger partial charge in [-0.2, -0.15) is 0 Å². The van der Waals surface area contributed by atoms with E-state index in [1.165, 1.54) is 12.1 Å². The Balaban J connectivity index is 1.65. The molecule has 136 valence electrons. The molecule has 2 aliphatic heterocycles. The molecule has 6 rings (SSSR count). The molecule has 3 aromatic carbocycles. The maximum Gasteiger partial charge on any atom is 0.209 e. The van der Waals surface area contributed by atoms with E-state index >= 15 is 0 Å². The van der Waals surface area contributed by atoms with Crippen LogP contribution in [0.1, 0.15) is 17.2 Å². The summed E-state index contributed by atoms with van der Waals surface area (Å²) >= 11 is 0. The smallest absolute Gasteiger partial charge is 0.209 e. The van der Waals surface area contributed by atoms with E-state index in [9.17, 15) is 4.39 Å². The van der Waals surface area contributed by atoms with Crippen LogP contribution in [0.5, 0.6) is 5.75 Å². The molecule has 1 N–H and O–H groups in total. The average Bonchev–Trinajstić information content (AvgIpc) is 3.11. The van der Waals surface area contributed by atoms with E-state index in [1.807, 2.05) is 48.5 Å². The minimum atomic E-state index is -0.243. The fourth-order valence-corrected chi connectivity index (χ4v) is 4.22. The van der Waals surface area contributed by atoms with E-state index in [4.69, 9.17) is 9.72 Å². The van der Waals surface area contributed by atoms with Crippen molar-refractivity contribution in [3.8, 4) is 5.75 Å². The van der Waals surface area contributed by atoms with Crippen molar-refractivity contribution in [1.29, 1.82) is 0 Å². The van der Waals surface area contributed by atoms with Crippen molar-refractivity contribution in [2.24, 2.45) is 0 Å². The van der Waals surface area contributed by atoms with Crippen molar-refractivity contribution in [3.63, 3.8) is 0 Å². The first-order valence-electron chi connectivity index (χ1n) is 9.24. The van der Waals surface area contributed by atoms with E-state index in [1.54, 1.807) is 0 Å². The van der Waals surface area contributed by atoms with Gasteiger partial charge in [-0.1, -0.05) is 36.4 Å². The lowest BCUT2D eigenvalue weighted by Gasteiger charge is -2.35. The van der Waals surface area contributed by atoms with Gasteiger partial charge in [0.05, 0.1) is 22.8 Å². The maximum atomic E-state index is 13.6. The summed E-state index contributed by atoms with van der Waals surface area (Å²) < 4.78 is 21.9. The average molecular weight is 369 g/mol. The first kappa shape index (κ1) is 15.5. The zero-order chi connectivity index (χ0) is 18.7. The van der Waals surface area contributed by atoms with Gasteiger partial charge < -0.3 is 10.1 Å². The highest BCUT2D eigenvalue weighted by Gasteiger charge is 2.35. The number of rotatable bonds is 1. The number of fused-ring (bicyclic) bond motifs is 5. The number of benzene rings is 3. The third-order valence-electron chi connectivity index (χ3n) is 5.47. The topological polar surface area (TPSA) is 39.1 Å². The molecule has 0 aliphatic carbocycles. The van der Waals surface area contributed by atoms with Gasteiger partial charge in [0.1, 0.15) is 18.2 Å². The number of hydrogen-bond donors (Lipinski definition) is 1. The Morgan fingerprint density at radius 1 is 0.964 bits per heavy atom. The SMILES string of the molecule is Fc1ccc(C2C3=C(Nc4nc5ccccc5n42)c2ccccc2OC3)cc1. The molecule has 0 saturated heterocycles. The van der Waals surface area contributed by atoms with Crippen LogP contribution in [-0.2, 0) is 0 Å². The molecule has 0 spiro atoms. The lowest BCUT2D eigenvalue weighted by molar-refractivity contribution is 0.332. The molecular formula is C23H16FN3O. The van der Waals surface area contributed by atoms with Gasteiger partial charge in [0.25, 0.3) is 0 Å². The minimum absolute atomic E-state index is 0.118.